The van der Waals surface area contributed by atoms with Gasteiger partial charge in [0.15, 0.2) is 5.82 Å². The standard InChI is InChI=1S/C23H25N9/c1-15(18-12-24-6-7-26-18)4-5-17-16(2)21(30-29-17)23-27-19-13-25-14-20(22(19)28-23)32-10-8-31(3)9-11-32/h4-7,12-14,29H,2,8-11H2,1,3H3,(H,27,28)/b15-4+,17-5+. The van der Waals surface area contributed by atoms with Gasteiger partial charge < -0.3 is 14.8 Å². The van der Waals surface area contributed by atoms with Crippen molar-refractivity contribution >= 4 is 34.9 Å². The molecule has 5 heterocycles. The molecule has 0 radical (unpaired) electrons. The van der Waals surface area contributed by atoms with E-state index in [1.165, 1.54) is 0 Å². The highest BCUT2D eigenvalue weighted by Crippen LogP contribution is 2.26. The zero-order chi connectivity index (χ0) is 22.1. The summed E-state index contributed by atoms with van der Waals surface area (Å²) in [6.07, 6.45) is 12.7. The number of aromatic nitrogens is 7. The van der Waals surface area contributed by atoms with Crippen LogP contribution in [-0.4, -0.2) is 73.2 Å². The van der Waals surface area contributed by atoms with Gasteiger partial charge in [-0.1, -0.05) is 12.7 Å². The van der Waals surface area contributed by atoms with Gasteiger partial charge in [-0.15, -0.1) is 0 Å². The third kappa shape index (κ3) is 3.78. The summed E-state index contributed by atoms with van der Waals surface area (Å²) in [6, 6.07) is 0. The lowest BCUT2D eigenvalue weighted by Gasteiger charge is -2.33. The number of nitrogens with one attached hydrogen (secondary N) is 2. The van der Waals surface area contributed by atoms with Gasteiger partial charge >= 0.3 is 0 Å². The van der Waals surface area contributed by atoms with E-state index in [1.54, 1.807) is 24.8 Å². The highest BCUT2D eigenvalue weighted by Gasteiger charge is 2.19. The van der Waals surface area contributed by atoms with Crippen molar-refractivity contribution in [3.05, 3.63) is 53.3 Å². The smallest absolute Gasteiger partial charge is 0.159 e. The summed E-state index contributed by atoms with van der Waals surface area (Å²) in [5.41, 5.74) is 5.38. The van der Waals surface area contributed by atoms with E-state index in [4.69, 9.17) is 4.98 Å². The zero-order valence-electron chi connectivity index (χ0n) is 18.2. The first kappa shape index (κ1) is 20.1. The lowest BCUT2D eigenvalue weighted by molar-refractivity contribution is 0.313. The van der Waals surface area contributed by atoms with Crippen LogP contribution in [0.5, 0.6) is 0 Å². The summed E-state index contributed by atoms with van der Waals surface area (Å²) in [5, 5.41) is 9.14. The predicted molar refractivity (Wildman–Crippen MR) is 126 cm³/mol. The molecule has 0 bridgehead atoms. The monoisotopic (exact) mass is 427 g/mol. The molecule has 0 aromatic carbocycles. The Hall–Kier alpha value is -3.85. The van der Waals surface area contributed by atoms with Gasteiger partial charge in [0.2, 0.25) is 0 Å². The van der Waals surface area contributed by atoms with E-state index in [0.717, 1.165) is 64.7 Å². The molecule has 1 aliphatic rings. The number of hydrogen-bond acceptors (Lipinski definition) is 7. The SMILES string of the molecule is C=c1c(-c2nc3c(N4CCN(C)CC4)cncc3[nH]2)n[nH]/c1=C/C=C(\C)c1cnccn1. The maximum atomic E-state index is 4.87. The van der Waals surface area contributed by atoms with Gasteiger partial charge in [-0.3, -0.25) is 20.1 Å². The van der Waals surface area contributed by atoms with E-state index in [1.807, 2.05) is 25.3 Å². The van der Waals surface area contributed by atoms with Crippen LogP contribution < -0.4 is 15.5 Å². The summed E-state index contributed by atoms with van der Waals surface area (Å²) in [4.78, 5) is 25.8. The molecular weight excluding hydrogens is 402 g/mol. The van der Waals surface area contributed by atoms with Crippen LogP contribution in [-0.2, 0) is 0 Å². The highest BCUT2D eigenvalue weighted by molar-refractivity contribution is 5.89. The van der Waals surface area contributed by atoms with Crippen LogP contribution in [0.3, 0.4) is 0 Å². The van der Waals surface area contributed by atoms with Gasteiger partial charge in [0, 0.05) is 43.8 Å². The lowest BCUT2D eigenvalue weighted by Crippen LogP contribution is -2.44. The summed E-state index contributed by atoms with van der Waals surface area (Å²) < 4.78 is 0. The molecule has 4 aromatic rings. The molecule has 9 nitrogen and oxygen atoms in total. The Morgan fingerprint density at radius 2 is 1.94 bits per heavy atom. The van der Waals surface area contributed by atoms with Crippen LogP contribution in [0.4, 0.5) is 5.69 Å². The average Bonchev–Trinajstić information content (AvgIpc) is 3.41. The van der Waals surface area contributed by atoms with Gasteiger partial charge in [0.1, 0.15) is 11.2 Å². The fourth-order valence-corrected chi connectivity index (χ4v) is 3.82. The van der Waals surface area contributed by atoms with Gasteiger partial charge in [0.05, 0.1) is 40.8 Å². The minimum atomic E-state index is 0.680. The molecular formula is C23H25N9. The van der Waals surface area contributed by atoms with Crippen molar-refractivity contribution in [3.63, 3.8) is 0 Å². The summed E-state index contributed by atoms with van der Waals surface area (Å²) in [7, 11) is 2.15. The third-order valence-corrected chi connectivity index (χ3v) is 5.81. The van der Waals surface area contributed by atoms with Gasteiger partial charge in [-0.25, -0.2) is 4.98 Å². The first-order valence-electron chi connectivity index (χ1n) is 10.6. The Morgan fingerprint density at radius 1 is 1.09 bits per heavy atom. The van der Waals surface area contributed by atoms with Crippen LogP contribution in [0.2, 0.25) is 0 Å². The minimum absolute atomic E-state index is 0.680. The second-order valence-corrected chi connectivity index (χ2v) is 8.00. The first-order chi connectivity index (χ1) is 15.6. The Labute approximate surface area is 185 Å². The molecule has 0 atom stereocenters. The number of rotatable bonds is 4. The molecule has 1 aliphatic heterocycles. The van der Waals surface area contributed by atoms with Crippen molar-refractivity contribution in [2.75, 3.05) is 38.1 Å². The second-order valence-electron chi connectivity index (χ2n) is 8.00. The number of nitrogens with zero attached hydrogens (tertiary/aromatic N) is 7. The molecule has 9 heteroatoms. The molecule has 32 heavy (non-hydrogen) atoms. The number of anilines is 1. The van der Waals surface area contributed by atoms with Gasteiger partial charge in [0.25, 0.3) is 0 Å². The minimum Gasteiger partial charge on any atom is -0.366 e. The number of allylic oxidation sites excluding steroid dienone is 2. The van der Waals surface area contributed by atoms with E-state index in [-0.39, 0.29) is 0 Å². The van der Waals surface area contributed by atoms with E-state index in [9.17, 15) is 0 Å². The average molecular weight is 428 g/mol. The number of aromatic amines is 2. The van der Waals surface area contributed by atoms with E-state index >= 15 is 0 Å². The number of piperazine rings is 1. The quantitative estimate of drug-likeness (QED) is 0.504. The number of fused-ring (bicyclic) bond motifs is 1. The van der Waals surface area contributed by atoms with Crippen LogP contribution in [0.15, 0.2) is 37.1 Å². The van der Waals surface area contributed by atoms with Crippen LogP contribution in [0.1, 0.15) is 12.6 Å². The van der Waals surface area contributed by atoms with Crippen molar-refractivity contribution in [1.82, 2.24) is 40.0 Å². The van der Waals surface area contributed by atoms with E-state index in [0.29, 0.717) is 11.5 Å². The number of likely N-dealkylation sites (N-methyl/N-ethyl adjacent to an activating group) is 1. The molecule has 1 fully saturated rings. The molecule has 0 spiro atoms. The van der Waals surface area contributed by atoms with E-state index < -0.39 is 0 Å². The van der Waals surface area contributed by atoms with Crippen molar-refractivity contribution in [2.45, 2.75) is 6.92 Å². The van der Waals surface area contributed by atoms with E-state index in [2.05, 4.69) is 53.6 Å². The molecule has 5 rings (SSSR count). The van der Waals surface area contributed by atoms with Crippen LogP contribution in [0, 0.1) is 0 Å². The second kappa shape index (κ2) is 8.35. The molecule has 1 saturated heterocycles. The lowest BCUT2D eigenvalue weighted by atomic mass is 10.2. The summed E-state index contributed by atoms with van der Waals surface area (Å²) in [6.45, 7) is 10.2. The van der Waals surface area contributed by atoms with Gasteiger partial charge in [-0.2, -0.15) is 5.10 Å². The first-order valence-corrected chi connectivity index (χ1v) is 10.6. The number of imidazole rings is 1. The number of H-pyrrole nitrogens is 2. The zero-order valence-corrected chi connectivity index (χ0v) is 18.2. The van der Waals surface area contributed by atoms with Gasteiger partial charge in [-0.05, 0) is 25.6 Å². The Kier molecular flexibility index (Phi) is 5.24. The molecule has 0 unspecified atom stereocenters. The van der Waals surface area contributed by atoms with Crippen molar-refractivity contribution < 1.29 is 0 Å². The maximum Gasteiger partial charge on any atom is 0.159 e. The summed E-state index contributed by atoms with van der Waals surface area (Å²) >= 11 is 0. The topological polar surface area (TPSA) is 103 Å². The third-order valence-electron chi connectivity index (χ3n) is 5.81. The predicted octanol–water partition coefficient (Wildman–Crippen LogP) is 1.18. The van der Waals surface area contributed by atoms with Crippen molar-refractivity contribution in [1.29, 1.82) is 0 Å². The van der Waals surface area contributed by atoms with Crippen LogP contribution >= 0.6 is 0 Å². The Bertz CT molecular complexity index is 1380. The number of pyridine rings is 1. The molecule has 0 amide bonds. The summed E-state index contributed by atoms with van der Waals surface area (Å²) in [5.74, 6) is 0.680. The van der Waals surface area contributed by atoms with Crippen molar-refractivity contribution in [3.8, 4) is 11.5 Å². The molecule has 162 valence electrons. The normalized spacial score (nSPS) is 16.2. The highest BCUT2D eigenvalue weighted by atomic mass is 15.3. The molecule has 0 aliphatic carbocycles. The molecule has 4 aromatic heterocycles. The van der Waals surface area contributed by atoms with Crippen molar-refractivity contribution in [2.24, 2.45) is 0 Å². The Balaban J connectivity index is 1.48. The fraction of sp³-hybridized carbons (Fsp3) is 0.261. The van der Waals surface area contributed by atoms with Crippen LogP contribution in [0.25, 0.3) is 40.8 Å². The fourth-order valence-electron chi connectivity index (χ4n) is 3.82. The molecule has 2 N–H and O–H groups in total. The largest absolute Gasteiger partial charge is 0.366 e. The Morgan fingerprint density at radius 3 is 2.72 bits per heavy atom. The number of hydrogen-bond donors (Lipinski definition) is 2. The maximum absolute atomic E-state index is 4.87. The molecule has 0 saturated carbocycles.